The molecule has 5 atom stereocenters. The van der Waals surface area contributed by atoms with Crippen LogP contribution in [0.5, 0.6) is 0 Å². The van der Waals surface area contributed by atoms with Crippen LogP contribution in [-0.2, 0) is 9.59 Å². The number of hydrogen-bond acceptors (Lipinski definition) is 4. The first-order valence-corrected chi connectivity index (χ1v) is 7.99. The van der Waals surface area contributed by atoms with Gasteiger partial charge in [-0.1, -0.05) is 26.7 Å². The predicted octanol–water partition coefficient (Wildman–Crippen LogP) is -0.349. The van der Waals surface area contributed by atoms with Crippen molar-refractivity contribution in [3.8, 4) is 0 Å². The number of rotatable bonds is 7. The van der Waals surface area contributed by atoms with E-state index in [1.165, 1.54) is 6.92 Å². The van der Waals surface area contributed by atoms with E-state index in [1.54, 1.807) is 0 Å². The lowest BCUT2D eigenvalue weighted by atomic mass is 9.80. The number of carbonyl (C=O) groups excluding carboxylic acids is 1. The maximum absolute atomic E-state index is 11.6. The average molecular weight is 328 g/mol. The first-order chi connectivity index (χ1) is 10.7. The molecule has 1 rings (SSSR count). The van der Waals surface area contributed by atoms with Gasteiger partial charge in [-0.3, -0.25) is 9.59 Å². The number of aliphatic imine (C=N–C) groups is 1. The summed E-state index contributed by atoms with van der Waals surface area (Å²) >= 11 is 0. The summed E-state index contributed by atoms with van der Waals surface area (Å²) in [6.07, 6.45) is 0.612. The molecule has 0 aromatic carbocycles. The van der Waals surface area contributed by atoms with Crippen LogP contribution in [-0.4, -0.2) is 46.2 Å². The second-order valence-corrected chi connectivity index (χ2v) is 6.17. The zero-order valence-electron chi connectivity index (χ0n) is 13.9. The summed E-state index contributed by atoms with van der Waals surface area (Å²) in [5.41, 5.74) is 10.9. The van der Waals surface area contributed by atoms with Crippen LogP contribution in [0, 0.1) is 17.8 Å². The van der Waals surface area contributed by atoms with Crippen LogP contribution in [0.3, 0.4) is 0 Å². The van der Waals surface area contributed by atoms with E-state index in [0.29, 0.717) is 0 Å². The van der Waals surface area contributed by atoms with Crippen LogP contribution in [0.15, 0.2) is 4.99 Å². The fraction of sp³-hybridized carbons (Fsp3) is 0.800. The molecule has 8 heteroatoms. The molecular formula is C15H28N4O4. The highest BCUT2D eigenvalue weighted by Gasteiger charge is 2.50. The summed E-state index contributed by atoms with van der Waals surface area (Å²) in [6.45, 7) is 5.39. The number of nitrogens with two attached hydrogens (primary N) is 2. The normalized spacial score (nSPS) is 28.4. The molecule has 0 spiro atoms. The quantitative estimate of drug-likeness (QED) is 0.318. The van der Waals surface area contributed by atoms with Gasteiger partial charge in [0.1, 0.15) is 0 Å². The number of carboxylic acid groups (broad SMARTS) is 1. The average Bonchev–Trinajstić information content (AvgIpc) is 2.74. The topological polar surface area (TPSA) is 151 Å². The molecule has 1 amide bonds. The minimum atomic E-state index is -1.11. The molecule has 7 N–H and O–H groups in total. The Bertz CT molecular complexity index is 460. The standard InChI is InChI=1S/C15H28N4O4/c1-4-8(5-2)12(18-7(3)20)11-10(19-15(16)17)6-9(13(11)21)14(22)23/h8-13,21H,4-6H2,1-3H3,(H,18,20)(H,22,23)(H4,16,17,19)/t9-,10?,11+,12?,13+/m0/s1. The van der Waals surface area contributed by atoms with Crippen molar-refractivity contribution >= 4 is 17.8 Å². The number of aliphatic hydroxyl groups excluding tert-OH is 1. The molecule has 0 aromatic rings. The smallest absolute Gasteiger partial charge is 0.309 e. The fourth-order valence-electron chi connectivity index (χ4n) is 3.64. The Kier molecular flexibility index (Phi) is 6.80. The molecule has 1 aliphatic rings. The van der Waals surface area contributed by atoms with Gasteiger partial charge in [-0.05, 0) is 12.3 Å². The van der Waals surface area contributed by atoms with E-state index in [4.69, 9.17) is 11.5 Å². The maximum atomic E-state index is 11.6. The molecule has 0 aliphatic heterocycles. The van der Waals surface area contributed by atoms with E-state index in [0.717, 1.165) is 12.8 Å². The van der Waals surface area contributed by atoms with E-state index < -0.39 is 30.0 Å². The Labute approximate surface area is 136 Å². The van der Waals surface area contributed by atoms with Gasteiger partial charge in [-0.25, -0.2) is 4.99 Å². The number of carboxylic acids is 1. The molecule has 132 valence electrons. The second-order valence-electron chi connectivity index (χ2n) is 6.17. The molecular weight excluding hydrogens is 300 g/mol. The van der Waals surface area contributed by atoms with Gasteiger partial charge >= 0.3 is 5.97 Å². The van der Waals surface area contributed by atoms with Crippen molar-refractivity contribution in [1.29, 1.82) is 0 Å². The number of amides is 1. The van der Waals surface area contributed by atoms with Crippen LogP contribution in [0.2, 0.25) is 0 Å². The number of nitrogens with zero attached hydrogens (tertiary/aromatic N) is 1. The van der Waals surface area contributed by atoms with Crippen molar-refractivity contribution in [2.75, 3.05) is 0 Å². The summed E-state index contributed by atoms with van der Waals surface area (Å²) < 4.78 is 0. The highest BCUT2D eigenvalue weighted by Crippen LogP contribution is 2.39. The number of hydrogen-bond donors (Lipinski definition) is 5. The van der Waals surface area contributed by atoms with E-state index in [9.17, 15) is 19.8 Å². The van der Waals surface area contributed by atoms with Gasteiger partial charge < -0.3 is 27.0 Å². The maximum Gasteiger partial charge on any atom is 0.309 e. The van der Waals surface area contributed by atoms with Gasteiger partial charge in [0.25, 0.3) is 0 Å². The van der Waals surface area contributed by atoms with Crippen molar-refractivity contribution in [2.45, 2.75) is 58.2 Å². The van der Waals surface area contributed by atoms with Gasteiger partial charge in [0.2, 0.25) is 5.91 Å². The molecule has 0 radical (unpaired) electrons. The van der Waals surface area contributed by atoms with E-state index >= 15 is 0 Å². The van der Waals surface area contributed by atoms with E-state index in [1.807, 2.05) is 13.8 Å². The van der Waals surface area contributed by atoms with Crippen molar-refractivity contribution in [2.24, 2.45) is 34.2 Å². The molecule has 8 nitrogen and oxygen atoms in total. The Morgan fingerprint density at radius 3 is 2.26 bits per heavy atom. The number of guanidine groups is 1. The summed E-state index contributed by atoms with van der Waals surface area (Å²) in [5, 5.41) is 22.7. The molecule has 1 aliphatic carbocycles. The zero-order chi connectivity index (χ0) is 17.7. The fourth-order valence-corrected chi connectivity index (χ4v) is 3.64. The Morgan fingerprint density at radius 1 is 1.30 bits per heavy atom. The molecule has 2 unspecified atom stereocenters. The van der Waals surface area contributed by atoms with Gasteiger partial charge in [0.15, 0.2) is 5.96 Å². The Hall–Kier alpha value is -1.83. The van der Waals surface area contributed by atoms with Crippen molar-refractivity contribution in [3.63, 3.8) is 0 Å². The first kappa shape index (κ1) is 19.2. The Balaban J connectivity index is 3.23. The van der Waals surface area contributed by atoms with Crippen LogP contribution in [0.4, 0.5) is 0 Å². The van der Waals surface area contributed by atoms with Crippen molar-refractivity contribution in [1.82, 2.24) is 5.32 Å². The lowest BCUT2D eigenvalue weighted by molar-refractivity contribution is -0.145. The second kappa shape index (κ2) is 8.14. The minimum Gasteiger partial charge on any atom is -0.481 e. The lowest BCUT2D eigenvalue weighted by Gasteiger charge is -2.35. The largest absolute Gasteiger partial charge is 0.481 e. The third kappa shape index (κ3) is 4.57. The van der Waals surface area contributed by atoms with Crippen LogP contribution in [0.1, 0.15) is 40.0 Å². The monoisotopic (exact) mass is 328 g/mol. The van der Waals surface area contributed by atoms with E-state index in [2.05, 4.69) is 10.3 Å². The highest BCUT2D eigenvalue weighted by molar-refractivity contribution is 5.76. The number of aliphatic hydroxyl groups is 1. The summed E-state index contributed by atoms with van der Waals surface area (Å²) in [7, 11) is 0. The molecule has 0 bridgehead atoms. The third-order valence-corrected chi connectivity index (χ3v) is 4.72. The third-order valence-electron chi connectivity index (χ3n) is 4.72. The van der Waals surface area contributed by atoms with Gasteiger partial charge in [0.05, 0.1) is 18.1 Å². The molecule has 23 heavy (non-hydrogen) atoms. The molecule has 1 fully saturated rings. The highest BCUT2D eigenvalue weighted by atomic mass is 16.4. The van der Waals surface area contributed by atoms with Gasteiger partial charge in [-0.2, -0.15) is 0 Å². The molecule has 0 aromatic heterocycles. The summed E-state index contributed by atoms with van der Waals surface area (Å²) in [6, 6.07) is -0.913. The SMILES string of the molecule is CCC(CC)C(NC(C)=O)[C@H]1C(N=C(N)N)C[C@H](C(=O)O)[C@H]1O. The number of carbonyl (C=O) groups is 2. The summed E-state index contributed by atoms with van der Waals surface area (Å²) in [5.74, 6) is -2.84. The predicted molar refractivity (Wildman–Crippen MR) is 86.5 cm³/mol. The number of aliphatic carboxylic acids is 1. The van der Waals surface area contributed by atoms with Crippen LogP contribution >= 0.6 is 0 Å². The van der Waals surface area contributed by atoms with E-state index in [-0.39, 0.29) is 30.2 Å². The molecule has 0 saturated heterocycles. The minimum absolute atomic E-state index is 0.0998. The first-order valence-electron chi connectivity index (χ1n) is 7.99. The van der Waals surface area contributed by atoms with Crippen LogP contribution < -0.4 is 16.8 Å². The van der Waals surface area contributed by atoms with Crippen LogP contribution in [0.25, 0.3) is 0 Å². The van der Waals surface area contributed by atoms with Crippen molar-refractivity contribution in [3.05, 3.63) is 0 Å². The van der Waals surface area contributed by atoms with Crippen molar-refractivity contribution < 1.29 is 19.8 Å². The number of nitrogens with one attached hydrogen (secondary N) is 1. The van der Waals surface area contributed by atoms with Gasteiger partial charge in [0, 0.05) is 18.9 Å². The summed E-state index contributed by atoms with van der Waals surface area (Å²) in [4.78, 5) is 27.1. The molecule has 1 saturated carbocycles. The zero-order valence-corrected chi connectivity index (χ0v) is 13.9. The van der Waals surface area contributed by atoms with Gasteiger partial charge in [-0.15, -0.1) is 0 Å². The molecule has 0 heterocycles. The Morgan fingerprint density at radius 2 is 1.87 bits per heavy atom. The lowest BCUT2D eigenvalue weighted by Crippen LogP contribution is -2.51.